The number of nitrogens with one attached hydrogen (secondary N) is 1. The Morgan fingerprint density at radius 1 is 1.12 bits per heavy atom. The van der Waals surface area contributed by atoms with E-state index in [1.807, 2.05) is 31.2 Å². The Hall–Kier alpha value is -3.58. The zero-order chi connectivity index (χ0) is 24.5. The maximum Gasteiger partial charge on any atom is 0.322 e. The Balaban J connectivity index is 1.56. The SMILES string of the molecule is Cc1ccc(C#Cc2ccc(S(=O)(=O)NC(Cc3cn(C)c4cccc(O)c34)C(=O)O)s2)cc1. The number of carbonyl (C=O) groups is 1. The molecule has 0 bridgehead atoms. The number of aryl methyl sites for hydroxylation is 2. The smallest absolute Gasteiger partial charge is 0.322 e. The average Bonchev–Trinajstić information content (AvgIpc) is 3.39. The number of hydrogen-bond donors (Lipinski definition) is 3. The Morgan fingerprint density at radius 3 is 2.56 bits per heavy atom. The number of sulfonamides is 1. The average molecular weight is 495 g/mol. The van der Waals surface area contributed by atoms with Crippen molar-refractivity contribution in [1.29, 1.82) is 0 Å². The predicted octanol–water partition coefficient (Wildman–Crippen LogP) is 3.63. The van der Waals surface area contributed by atoms with E-state index in [-0.39, 0.29) is 16.4 Å². The molecule has 4 rings (SSSR count). The summed E-state index contributed by atoms with van der Waals surface area (Å²) in [6.45, 7) is 1.98. The van der Waals surface area contributed by atoms with Gasteiger partial charge in [-0.25, -0.2) is 8.42 Å². The van der Waals surface area contributed by atoms with Crippen LogP contribution >= 0.6 is 11.3 Å². The number of aromatic nitrogens is 1. The number of aromatic hydroxyl groups is 1. The van der Waals surface area contributed by atoms with Crippen molar-refractivity contribution >= 4 is 38.2 Å². The summed E-state index contributed by atoms with van der Waals surface area (Å²) in [7, 11) is -2.32. The van der Waals surface area contributed by atoms with Crippen LogP contribution in [0.15, 0.2) is 65.0 Å². The first-order valence-corrected chi connectivity index (χ1v) is 12.6. The van der Waals surface area contributed by atoms with Crippen molar-refractivity contribution in [2.75, 3.05) is 0 Å². The van der Waals surface area contributed by atoms with Crippen molar-refractivity contribution in [1.82, 2.24) is 9.29 Å². The molecule has 0 saturated carbocycles. The highest BCUT2D eigenvalue weighted by molar-refractivity contribution is 7.91. The quantitative estimate of drug-likeness (QED) is 0.355. The third-order valence-electron chi connectivity index (χ3n) is 5.32. The molecule has 1 atom stereocenters. The fourth-order valence-corrected chi connectivity index (χ4v) is 5.99. The number of fused-ring (bicyclic) bond motifs is 1. The molecule has 2 heterocycles. The lowest BCUT2D eigenvalue weighted by atomic mass is 10.1. The number of thiophene rings is 1. The number of nitrogens with zero attached hydrogens (tertiary/aromatic N) is 1. The minimum atomic E-state index is -4.10. The molecule has 9 heteroatoms. The number of carboxylic acid groups (broad SMARTS) is 1. The molecule has 0 saturated heterocycles. The van der Waals surface area contributed by atoms with Crippen LogP contribution in [0.5, 0.6) is 5.75 Å². The van der Waals surface area contributed by atoms with E-state index in [4.69, 9.17) is 0 Å². The van der Waals surface area contributed by atoms with Crippen LogP contribution < -0.4 is 4.72 Å². The molecule has 0 amide bonds. The van der Waals surface area contributed by atoms with Gasteiger partial charge in [-0.05, 0) is 48.9 Å². The van der Waals surface area contributed by atoms with Gasteiger partial charge in [-0.2, -0.15) is 4.72 Å². The Labute approximate surface area is 201 Å². The van der Waals surface area contributed by atoms with E-state index in [9.17, 15) is 23.4 Å². The number of phenols is 1. The number of hydrogen-bond acceptors (Lipinski definition) is 5. The topological polar surface area (TPSA) is 109 Å². The molecular formula is C25H22N2O5S2. The predicted molar refractivity (Wildman–Crippen MR) is 132 cm³/mol. The van der Waals surface area contributed by atoms with Gasteiger partial charge in [0.2, 0.25) is 0 Å². The minimum Gasteiger partial charge on any atom is -0.507 e. The fourth-order valence-electron chi connectivity index (χ4n) is 3.62. The molecule has 34 heavy (non-hydrogen) atoms. The summed E-state index contributed by atoms with van der Waals surface area (Å²) in [6.07, 6.45) is 1.56. The number of carboxylic acids is 1. The number of aliphatic carboxylic acids is 1. The Kier molecular flexibility index (Phi) is 6.48. The lowest BCUT2D eigenvalue weighted by Crippen LogP contribution is -2.42. The van der Waals surface area contributed by atoms with Gasteiger partial charge in [0, 0.05) is 30.6 Å². The summed E-state index contributed by atoms with van der Waals surface area (Å²) >= 11 is 0.970. The van der Waals surface area contributed by atoms with Gasteiger partial charge in [-0.15, -0.1) is 11.3 Å². The number of rotatable bonds is 6. The van der Waals surface area contributed by atoms with Crippen molar-refractivity contribution in [3.63, 3.8) is 0 Å². The standard InChI is InChI=1S/C25H22N2O5S2/c1-16-6-8-17(9-7-16)10-11-19-12-13-23(33-19)34(31,32)26-20(25(29)30)14-18-15-27(2)21-4-3-5-22(28)24(18)21/h3-9,12-13,15,20,26,28H,14H2,1-2H3,(H,29,30). The van der Waals surface area contributed by atoms with E-state index in [1.54, 1.807) is 36.0 Å². The van der Waals surface area contributed by atoms with Crippen molar-refractivity contribution in [2.24, 2.45) is 7.05 Å². The lowest BCUT2D eigenvalue weighted by Gasteiger charge is -2.14. The molecule has 7 nitrogen and oxygen atoms in total. The first kappa shape index (κ1) is 23.6. The van der Waals surface area contributed by atoms with Crippen molar-refractivity contribution in [2.45, 2.75) is 23.6 Å². The summed E-state index contributed by atoms with van der Waals surface area (Å²) in [6, 6.07) is 14.2. The molecule has 1 unspecified atom stereocenters. The second kappa shape index (κ2) is 9.35. The molecule has 2 aromatic heterocycles. The van der Waals surface area contributed by atoms with Gasteiger partial charge in [0.15, 0.2) is 0 Å². The van der Waals surface area contributed by atoms with Crippen molar-refractivity contribution in [3.05, 3.63) is 82.4 Å². The highest BCUT2D eigenvalue weighted by Crippen LogP contribution is 2.30. The lowest BCUT2D eigenvalue weighted by molar-refractivity contribution is -0.138. The van der Waals surface area contributed by atoms with Crippen molar-refractivity contribution in [3.8, 4) is 17.6 Å². The summed E-state index contributed by atoms with van der Waals surface area (Å²) < 4.78 is 29.9. The van der Waals surface area contributed by atoms with Crippen LogP contribution in [0.2, 0.25) is 0 Å². The summed E-state index contributed by atoms with van der Waals surface area (Å²) in [5, 5.41) is 20.5. The first-order valence-electron chi connectivity index (χ1n) is 10.3. The molecule has 0 aliphatic carbocycles. The summed E-state index contributed by atoms with van der Waals surface area (Å²) in [5.74, 6) is 4.64. The number of benzene rings is 2. The largest absolute Gasteiger partial charge is 0.507 e. The first-order chi connectivity index (χ1) is 16.1. The molecule has 0 fully saturated rings. The van der Waals surface area contributed by atoms with Crippen LogP contribution in [-0.2, 0) is 28.3 Å². The molecule has 0 aliphatic heterocycles. The zero-order valence-corrected chi connectivity index (χ0v) is 20.1. The van der Waals surface area contributed by atoms with Gasteiger partial charge in [0.25, 0.3) is 10.0 Å². The van der Waals surface area contributed by atoms with Gasteiger partial charge in [0.1, 0.15) is 16.0 Å². The summed E-state index contributed by atoms with van der Waals surface area (Å²) in [5.41, 5.74) is 3.18. The monoisotopic (exact) mass is 494 g/mol. The van der Waals surface area contributed by atoms with E-state index in [0.29, 0.717) is 15.8 Å². The van der Waals surface area contributed by atoms with Crippen LogP contribution in [0.25, 0.3) is 10.9 Å². The van der Waals surface area contributed by atoms with Crippen LogP contribution in [0.4, 0.5) is 0 Å². The Bertz CT molecular complexity index is 1540. The van der Waals surface area contributed by atoms with Gasteiger partial charge < -0.3 is 14.8 Å². The van der Waals surface area contributed by atoms with Gasteiger partial charge >= 0.3 is 5.97 Å². The van der Waals surface area contributed by atoms with Crippen LogP contribution in [0.3, 0.4) is 0 Å². The second-order valence-corrected chi connectivity index (χ2v) is 10.9. The highest BCUT2D eigenvalue weighted by atomic mass is 32.2. The molecule has 0 radical (unpaired) electrons. The molecule has 0 spiro atoms. The second-order valence-electron chi connectivity index (χ2n) is 7.89. The van der Waals surface area contributed by atoms with Crippen LogP contribution in [0, 0.1) is 18.8 Å². The molecule has 3 N–H and O–H groups in total. The van der Waals surface area contributed by atoms with E-state index in [0.717, 1.165) is 28.0 Å². The zero-order valence-electron chi connectivity index (χ0n) is 18.4. The molecular weight excluding hydrogens is 472 g/mol. The molecule has 174 valence electrons. The van der Waals surface area contributed by atoms with Gasteiger partial charge in [-0.3, -0.25) is 4.79 Å². The molecule has 0 aliphatic rings. The maximum absolute atomic E-state index is 12.9. The van der Waals surface area contributed by atoms with Gasteiger partial charge in [0.05, 0.1) is 10.4 Å². The van der Waals surface area contributed by atoms with Crippen molar-refractivity contribution < 1.29 is 23.4 Å². The normalized spacial score (nSPS) is 12.3. The third kappa shape index (κ3) is 4.99. The minimum absolute atomic E-state index is 0.00939. The number of phenolic OH excluding ortho intramolecular Hbond substituents is 1. The van der Waals surface area contributed by atoms with E-state index >= 15 is 0 Å². The third-order valence-corrected chi connectivity index (χ3v) is 8.28. The van der Waals surface area contributed by atoms with Crippen LogP contribution in [0.1, 0.15) is 21.6 Å². The molecule has 2 aromatic carbocycles. The highest BCUT2D eigenvalue weighted by Gasteiger charge is 2.28. The fraction of sp³-hybridized carbons (Fsp3) is 0.160. The Morgan fingerprint density at radius 2 is 1.85 bits per heavy atom. The van der Waals surface area contributed by atoms with Gasteiger partial charge in [-0.1, -0.05) is 35.6 Å². The van der Waals surface area contributed by atoms with E-state index in [2.05, 4.69) is 16.6 Å². The molecule has 4 aromatic rings. The van der Waals surface area contributed by atoms with Crippen LogP contribution in [-0.4, -0.2) is 35.2 Å². The maximum atomic E-state index is 12.9. The van der Waals surface area contributed by atoms with E-state index < -0.39 is 22.0 Å². The van der Waals surface area contributed by atoms with E-state index in [1.165, 1.54) is 12.1 Å². The summed E-state index contributed by atoms with van der Waals surface area (Å²) in [4.78, 5) is 12.5.